The van der Waals surface area contributed by atoms with Gasteiger partial charge in [-0.1, -0.05) is 12.1 Å². The van der Waals surface area contributed by atoms with Gasteiger partial charge >= 0.3 is 5.97 Å². The van der Waals surface area contributed by atoms with Gasteiger partial charge in [0, 0.05) is 13.0 Å². The standard InChI is InChI=1S/C15H22N2O4/c1-2-20-15(19)4-3-9-17-10-12-5-7-13(8-6-12)21-11-14(16)18/h5-8,17H,2-4,9-11H2,1H3,(H2,16,18). The number of primary amides is 1. The van der Waals surface area contributed by atoms with Crippen LogP contribution in [0, 0.1) is 0 Å². The topological polar surface area (TPSA) is 90.7 Å². The molecule has 0 unspecified atom stereocenters. The summed E-state index contributed by atoms with van der Waals surface area (Å²) in [5, 5.41) is 3.25. The smallest absolute Gasteiger partial charge is 0.305 e. The van der Waals surface area contributed by atoms with Crippen molar-refractivity contribution in [2.24, 2.45) is 5.73 Å². The molecule has 0 bridgehead atoms. The zero-order chi connectivity index (χ0) is 15.5. The maximum absolute atomic E-state index is 11.1. The van der Waals surface area contributed by atoms with Crippen molar-refractivity contribution in [3.8, 4) is 5.75 Å². The number of amides is 1. The predicted molar refractivity (Wildman–Crippen MR) is 78.7 cm³/mol. The molecule has 1 aromatic carbocycles. The molecule has 0 aliphatic carbocycles. The maximum atomic E-state index is 11.1. The largest absolute Gasteiger partial charge is 0.484 e. The molecule has 1 amide bonds. The van der Waals surface area contributed by atoms with Gasteiger partial charge in [0.25, 0.3) is 5.91 Å². The second-order valence-electron chi connectivity index (χ2n) is 4.48. The molecule has 0 atom stereocenters. The highest BCUT2D eigenvalue weighted by Crippen LogP contribution is 2.11. The quantitative estimate of drug-likeness (QED) is 0.496. The van der Waals surface area contributed by atoms with E-state index >= 15 is 0 Å². The molecular weight excluding hydrogens is 272 g/mol. The molecule has 6 nitrogen and oxygen atoms in total. The SMILES string of the molecule is CCOC(=O)CCCNCc1ccc(OCC(N)=O)cc1. The Labute approximate surface area is 124 Å². The Morgan fingerprint density at radius 1 is 1.24 bits per heavy atom. The minimum Gasteiger partial charge on any atom is -0.484 e. The Morgan fingerprint density at radius 3 is 2.57 bits per heavy atom. The molecular formula is C15H22N2O4. The van der Waals surface area contributed by atoms with Crippen molar-refractivity contribution < 1.29 is 19.1 Å². The fraction of sp³-hybridized carbons (Fsp3) is 0.467. The van der Waals surface area contributed by atoms with Crippen LogP contribution in [0.25, 0.3) is 0 Å². The number of hydrogen-bond donors (Lipinski definition) is 2. The first kappa shape index (κ1) is 17.0. The van der Waals surface area contributed by atoms with Crippen molar-refractivity contribution in [3.05, 3.63) is 29.8 Å². The van der Waals surface area contributed by atoms with Crippen molar-refractivity contribution in [1.82, 2.24) is 5.32 Å². The molecule has 1 aromatic rings. The lowest BCUT2D eigenvalue weighted by molar-refractivity contribution is -0.143. The summed E-state index contributed by atoms with van der Waals surface area (Å²) in [4.78, 5) is 21.7. The van der Waals surface area contributed by atoms with Gasteiger partial charge in [0.1, 0.15) is 5.75 Å². The molecule has 0 aliphatic rings. The maximum Gasteiger partial charge on any atom is 0.305 e. The summed E-state index contributed by atoms with van der Waals surface area (Å²) in [5.74, 6) is -0.0440. The fourth-order valence-corrected chi connectivity index (χ4v) is 1.68. The van der Waals surface area contributed by atoms with Crippen molar-refractivity contribution in [1.29, 1.82) is 0 Å². The molecule has 0 saturated carbocycles. The first-order chi connectivity index (χ1) is 10.1. The molecule has 0 spiro atoms. The number of rotatable bonds is 10. The van der Waals surface area contributed by atoms with Gasteiger partial charge < -0.3 is 20.5 Å². The summed E-state index contributed by atoms with van der Waals surface area (Å²) in [6.07, 6.45) is 1.18. The highest BCUT2D eigenvalue weighted by atomic mass is 16.5. The van der Waals surface area contributed by atoms with Crippen LogP contribution in [0.5, 0.6) is 5.75 Å². The van der Waals surface area contributed by atoms with Gasteiger partial charge in [-0.15, -0.1) is 0 Å². The molecule has 0 heterocycles. The van der Waals surface area contributed by atoms with E-state index in [2.05, 4.69) is 5.32 Å². The van der Waals surface area contributed by atoms with E-state index in [1.54, 1.807) is 19.1 Å². The Bertz CT molecular complexity index is 445. The molecule has 1 rings (SSSR count). The average Bonchev–Trinajstić information content (AvgIpc) is 2.46. The van der Waals surface area contributed by atoms with Gasteiger partial charge in [-0.3, -0.25) is 9.59 Å². The molecule has 21 heavy (non-hydrogen) atoms. The monoisotopic (exact) mass is 294 g/mol. The fourth-order valence-electron chi connectivity index (χ4n) is 1.68. The molecule has 6 heteroatoms. The van der Waals surface area contributed by atoms with Crippen LogP contribution in [0.3, 0.4) is 0 Å². The van der Waals surface area contributed by atoms with Crippen molar-refractivity contribution in [2.75, 3.05) is 19.8 Å². The summed E-state index contributed by atoms with van der Waals surface area (Å²) in [5.41, 5.74) is 6.09. The predicted octanol–water partition coefficient (Wildman–Crippen LogP) is 0.984. The summed E-state index contributed by atoms with van der Waals surface area (Å²) >= 11 is 0. The van der Waals surface area contributed by atoms with E-state index in [0.717, 1.165) is 18.5 Å². The van der Waals surface area contributed by atoms with E-state index in [4.69, 9.17) is 15.2 Å². The van der Waals surface area contributed by atoms with Gasteiger partial charge in [-0.25, -0.2) is 0 Å². The van der Waals surface area contributed by atoms with Crippen LogP contribution < -0.4 is 15.8 Å². The highest BCUT2D eigenvalue weighted by Gasteiger charge is 2.01. The highest BCUT2D eigenvalue weighted by molar-refractivity contribution is 5.75. The van der Waals surface area contributed by atoms with E-state index in [1.807, 2.05) is 12.1 Å². The van der Waals surface area contributed by atoms with Crippen molar-refractivity contribution >= 4 is 11.9 Å². The molecule has 0 radical (unpaired) electrons. The molecule has 0 aliphatic heterocycles. The number of benzene rings is 1. The van der Waals surface area contributed by atoms with Crippen LogP contribution in [-0.2, 0) is 20.9 Å². The van der Waals surface area contributed by atoms with E-state index in [0.29, 0.717) is 25.3 Å². The lowest BCUT2D eigenvalue weighted by atomic mass is 10.2. The number of nitrogens with two attached hydrogens (primary N) is 1. The molecule has 0 saturated heterocycles. The van der Waals surface area contributed by atoms with Crippen molar-refractivity contribution in [3.63, 3.8) is 0 Å². The van der Waals surface area contributed by atoms with Gasteiger partial charge in [0.2, 0.25) is 0 Å². The summed E-state index contributed by atoms with van der Waals surface area (Å²) in [6, 6.07) is 7.40. The van der Waals surface area contributed by atoms with Crippen LogP contribution in [-0.4, -0.2) is 31.6 Å². The van der Waals surface area contributed by atoms with Gasteiger partial charge in [0.15, 0.2) is 6.61 Å². The van der Waals surface area contributed by atoms with Crippen LogP contribution in [0.2, 0.25) is 0 Å². The Morgan fingerprint density at radius 2 is 1.95 bits per heavy atom. The summed E-state index contributed by atoms with van der Waals surface area (Å²) < 4.78 is 10.0. The van der Waals surface area contributed by atoms with Crippen LogP contribution in [0.1, 0.15) is 25.3 Å². The normalized spacial score (nSPS) is 10.1. The van der Waals surface area contributed by atoms with E-state index in [1.165, 1.54) is 0 Å². The number of carbonyl (C=O) groups excluding carboxylic acids is 2. The molecule has 3 N–H and O–H groups in total. The van der Waals surface area contributed by atoms with Crippen LogP contribution in [0.15, 0.2) is 24.3 Å². The molecule has 0 fully saturated rings. The zero-order valence-corrected chi connectivity index (χ0v) is 12.3. The second-order valence-corrected chi connectivity index (χ2v) is 4.48. The van der Waals surface area contributed by atoms with Crippen LogP contribution in [0.4, 0.5) is 0 Å². The Balaban J connectivity index is 2.18. The number of nitrogens with one attached hydrogen (secondary N) is 1. The van der Waals surface area contributed by atoms with E-state index in [9.17, 15) is 9.59 Å². The van der Waals surface area contributed by atoms with Crippen molar-refractivity contribution in [2.45, 2.75) is 26.3 Å². The number of esters is 1. The molecule has 116 valence electrons. The van der Waals surface area contributed by atoms with Crippen LogP contribution >= 0.6 is 0 Å². The number of carbonyl (C=O) groups is 2. The Hall–Kier alpha value is -2.08. The number of hydrogen-bond acceptors (Lipinski definition) is 5. The Kier molecular flexibility index (Phi) is 7.89. The summed E-state index contributed by atoms with van der Waals surface area (Å²) in [6.45, 7) is 3.56. The number of ether oxygens (including phenoxy) is 2. The zero-order valence-electron chi connectivity index (χ0n) is 12.3. The van der Waals surface area contributed by atoms with E-state index in [-0.39, 0.29) is 12.6 Å². The first-order valence-corrected chi connectivity index (χ1v) is 6.98. The minimum absolute atomic E-state index is 0.120. The summed E-state index contributed by atoms with van der Waals surface area (Å²) in [7, 11) is 0. The van der Waals surface area contributed by atoms with E-state index < -0.39 is 5.91 Å². The average molecular weight is 294 g/mol. The third kappa shape index (κ3) is 7.94. The second kappa shape index (κ2) is 9.77. The minimum atomic E-state index is -0.498. The first-order valence-electron chi connectivity index (χ1n) is 6.98. The lowest BCUT2D eigenvalue weighted by Gasteiger charge is -2.07. The third-order valence-electron chi connectivity index (χ3n) is 2.67. The van der Waals surface area contributed by atoms with Gasteiger partial charge in [-0.05, 0) is 37.6 Å². The van der Waals surface area contributed by atoms with Gasteiger partial charge in [0.05, 0.1) is 6.61 Å². The molecule has 0 aromatic heterocycles. The van der Waals surface area contributed by atoms with Gasteiger partial charge in [-0.2, -0.15) is 0 Å². The lowest BCUT2D eigenvalue weighted by Crippen LogP contribution is -2.20. The third-order valence-corrected chi connectivity index (χ3v) is 2.67.